The van der Waals surface area contributed by atoms with Crippen LogP contribution in [0.5, 0.6) is 0 Å². The fraction of sp³-hybridized carbons (Fsp3) is 0.250. The minimum Gasteiger partial charge on any atom is -0.481 e. The molecule has 0 aromatic heterocycles. The summed E-state index contributed by atoms with van der Waals surface area (Å²) in [5.41, 5.74) is 0.430. The van der Waals surface area contributed by atoms with Gasteiger partial charge in [-0.3, -0.25) is 14.4 Å². The Hall–Kier alpha value is -1.82. The van der Waals surface area contributed by atoms with Gasteiger partial charge in [0, 0.05) is 12.0 Å². The van der Waals surface area contributed by atoms with Crippen molar-refractivity contribution in [2.75, 3.05) is 5.75 Å². The van der Waals surface area contributed by atoms with Crippen LogP contribution in [0.1, 0.15) is 16.8 Å². The van der Waals surface area contributed by atoms with Gasteiger partial charge in [-0.05, 0) is 0 Å². The third kappa shape index (κ3) is 4.58. The summed E-state index contributed by atoms with van der Waals surface area (Å²) in [6.07, 6.45) is -0.211. The molecule has 0 saturated carbocycles. The molecule has 5 nitrogen and oxygen atoms in total. The molecule has 1 rings (SSSR count). The second-order valence-electron chi connectivity index (χ2n) is 3.52. The van der Waals surface area contributed by atoms with Crippen molar-refractivity contribution in [3.63, 3.8) is 0 Å². The summed E-state index contributed by atoms with van der Waals surface area (Å²) in [5.74, 6) is -2.91. The molecule has 0 aliphatic carbocycles. The molecule has 18 heavy (non-hydrogen) atoms. The molecule has 1 atom stereocenters. The standard InChI is InChI=1S/C12H12O5S/c13-9(8-4-2-1-3-5-8)6-10(12(16)17)18-7-11(14)15/h1-5,10H,6-7H2,(H,14,15)(H,16,17). The lowest BCUT2D eigenvalue weighted by atomic mass is 10.1. The third-order valence-electron chi connectivity index (χ3n) is 2.15. The van der Waals surface area contributed by atoms with Crippen LogP contribution in [-0.2, 0) is 9.59 Å². The molecule has 1 aromatic rings. The van der Waals surface area contributed by atoms with Gasteiger partial charge >= 0.3 is 11.9 Å². The molecule has 0 bridgehead atoms. The minimum absolute atomic E-state index is 0.211. The van der Waals surface area contributed by atoms with Crippen LogP contribution in [0.4, 0.5) is 0 Å². The maximum absolute atomic E-state index is 11.8. The van der Waals surface area contributed by atoms with Gasteiger partial charge in [0.05, 0.1) is 5.75 Å². The molecule has 1 unspecified atom stereocenters. The van der Waals surface area contributed by atoms with Crippen LogP contribution in [0.15, 0.2) is 30.3 Å². The number of carbonyl (C=O) groups is 3. The number of thioether (sulfide) groups is 1. The monoisotopic (exact) mass is 268 g/mol. The maximum Gasteiger partial charge on any atom is 0.317 e. The largest absolute Gasteiger partial charge is 0.481 e. The lowest BCUT2D eigenvalue weighted by molar-refractivity contribution is -0.136. The van der Waals surface area contributed by atoms with Crippen molar-refractivity contribution < 1.29 is 24.6 Å². The summed E-state index contributed by atoms with van der Waals surface area (Å²) in [7, 11) is 0. The highest BCUT2D eigenvalue weighted by molar-refractivity contribution is 8.01. The van der Waals surface area contributed by atoms with Gasteiger partial charge in [0.25, 0.3) is 0 Å². The van der Waals surface area contributed by atoms with Crippen molar-refractivity contribution >= 4 is 29.5 Å². The Kier molecular flexibility index (Phi) is 5.38. The molecule has 6 heteroatoms. The first-order valence-electron chi connectivity index (χ1n) is 5.15. The van der Waals surface area contributed by atoms with Crippen LogP contribution in [0.2, 0.25) is 0 Å². The minimum atomic E-state index is -1.18. The second-order valence-corrected chi connectivity index (χ2v) is 4.72. The van der Waals surface area contributed by atoms with E-state index in [0.29, 0.717) is 5.56 Å². The first kappa shape index (κ1) is 14.2. The third-order valence-corrected chi connectivity index (χ3v) is 3.33. The van der Waals surface area contributed by atoms with Gasteiger partial charge < -0.3 is 10.2 Å². The Labute approximate surface area is 108 Å². The molecule has 1 aromatic carbocycles. The molecular formula is C12H12O5S. The van der Waals surface area contributed by atoms with E-state index in [1.54, 1.807) is 30.3 Å². The summed E-state index contributed by atoms with van der Waals surface area (Å²) >= 11 is 0.741. The molecule has 0 amide bonds. The smallest absolute Gasteiger partial charge is 0.317 e. The molecule has 0 saturated heterocycles. The van der Waals surface area contributed by atoms with Crippen molar-refractivity contribution in [2.24, 2.45) is 0 Å². The Balaban J connectivity index is 2.64. The van der Waals surface area contributed by atoms with Crippen molar-refractivity contribution in [3.8, 4) is 0 Å². The number of aliphatic carboxylic acids is 2. The van der Waals surface area contributed by atoms with Crippen LogP contribution >= 0.6 is 11.8 Å². The highest BCUT2D eigenvalue weighted by Gasteiger charge is 2.23. The van der Waals surface area contributed by atoms with Gasteiger partial charge in [-0.15, -0.1) is 11.8 Å². The number of rotatable bonds is 7. The van der Waals surface area contributed by atoms with Gasteiger partial charge in [0.15, 0.2) is 5.78 Å². The number of carboxylic acids is 2. The van der Waals surface area contributed by atoms with E-state index in [4.69, 9.17) is 10.2 Å². The first-order chi connectivity index (χ1) is 8.50. The topological polar surface area (TPSA) is 91.7 Å². The van der Waals surface area contributed by atoms with Crippen molar-refractivity contribution in [1.82, 2.24) is 0 Å². The fourth-order valence-corrected chi connectivity index (χ4v) is 2.06. The summed E-state index contributed by atoms with van der Waals surface area (Å²) < 4.78 is 0. The Morgan fingerprint density at radius 3 is 2.22 bits per heavy atom. The van der Waals surface area contributed by atoms with Crippen LogP contribution in [0.3, 0.4) is 0 Å². The Morgan fingerprint density at radius 1 is 1.11 bits per heavy atom. The van der Waals surface area contributed by atoms with E-state index >= 15 is 0 Å². The first-order valence-corrected chi connectivity index (χ1v) is 6.20. The van der Waals surface area contributed by atoms with Crippen LogP contribution in [0.25, 0.3) is 0 Å². The molecule has 0 radical (unpaired) electrons. The number of hydrogen-bond donors (Lipinski definition) is 2. The molecular weight excluding hydrogens is 256 g/mol. The molecule has 0 fully saturated rings. The van der Waals surface area contributed by atoms with E-state index in [0.717, 1.165) is 11.8 Å². The Bertz CT molecular complexity index is 443. The highest BCUT2D eigenvalue weighted by Crippen LogP contribution is 2.17. The zero-order valence-electron chi connectivity index (χ0n) is 9.41. The normalized spacial score (nSPS) is 11.8. The van der Waals surface area contributed by atoms with Gasteiger partial charge in [-0.1, -0.05) is 30.3 Å². The average molecular weight is 268 g/mol. The number of benzene rings is 1. The van der Waals surface area contributed by atoms with E-state index in [2.05, 4.69) is 0 Å². The fourth-order valence-electron chi connectivity index (χ4n) is 1.30. The Morgan fingerprint density at radius 2 is 1.72 bits per heavy atom. The van der Waals surface area contributed by atoms with E-state index in [9.17, 15) is 14.4 Å². The average Bonchev–Trinajstić information content (AvgIpc) is 2.34. The lowest BCUT2D eigenvalue weighted by Gasteiger charge is -2.09. The maximum atomic E-state index is 11.8. The van der Waals surface area contributed by atoms with Crippen molar-refractivity contribution in [2.45, 2.75) is 11.7 Å². The summed E-state index contributed by atoms with van der Waals surface area (Å²) in [5, 5.41) is 16.4. The summed E-state index contributed by atoms with van der Waals surface area (Å²) in [4.78, 5) is 33.1. The van der Waals surface area contributed by atoms with E-state index < -0.39 is 17.2 Å². The highest BCUT2D eigenvalue weighted by atomic mass is 32.2. The molecule has 96 valence electrons. The number of hydrogen-bond acceptors (Lipinski definition) is 4. The van der Waals surface area contributed by atoms with Crippen LogP contribution in [-0.4, -0.2) is 38.9 Å². The predicted octanol–water partition coefficient (Wildman–Crippen LogP) is 1.53. The number of carbonyl (C=O) groups excluding carboxylic acids is 1. The summed E-state index contributed by atoms with van der Waals surface area (Å²) in [6.45, 7) is 0. The molecule has 0 spiro atoms. The van der Waals surface area contributed by atoms with Crippen LogP contribution < -0.4 is 0 Å². The molecule has 0 aliphatic heterocycles. The molecule has 0 aliphatic rings. The summed E-state index contributed by atoms with van der Waals surface area (Å²) in [6, 6.07) is 8.33. The molecule has 2 N–H and O–H groups in total. The quantitative estimate of drug-likeness (QED) is 0.729. The lowest BCUT2D eigenvalue weighted by Crippen LogP contribution is -2.22. The number of Topliss-reactive ketones (excluding diaryl/α,β-unsaturated/α-hetero) is 1. The predicted molar refractivity (Wildman–Crippen MR) is 66.9 cm³/mol. The second kappa shape index (κ2) is 6.80. The van der Waals surface area contributed by atoms with Gasteiger partial charge in [-0.2, -0.15) is 0 Å². The van der Waals surface area contributed by atoms with Gasteiger partial charge in [0.1, 0.15) is 5.25 Å². The SMILES string of the molecule is O=C(O)CSC(CC(=O)c1ccccc1)C(=O)O. The van der Waals surface area contributed by atoms with E-state index in [1.165, 1.54) is 0 Å². The van der Waals surface area contributed by atoms with Crippen LogP contribution in [0, 0.1) is 0 Å². The van der Waals surface area contributed by atoms with Gasteiger partial charge in [0.2, 0.25) is 0 Å². The zero-order chi connectivity index (χ0) is 13.5. The van der Waals surface area contributed by atoms with Gasteiger partial charge in [-0.25, -0.2) is 0 Å². The number of ketones is 1. The molecule has 0 heterocycles. The van der Waals surface area contributed by atoms with E-state index in [1.807, 2.05) is 0 Å². The van der Waals surface area contributed by atoms with E-state index in [-0.39, 0.29) is 18.0 Å². The van der Waals surface area contributed by atoms with Crippen molar-refractivity contribution in [1.29, 1.82) is 0 Å². The number of carboxylic acid groups (broad SMARTS) is 2. The van der Waals surface area contributed by atoms with Crippen molar-refractivity contribution in [3.05, 3.63) is 35.9 Å². The zero-order valence-corrected chi connectivity index (χ0v) is 10.2.